The SMILES string of the molecule is O=C(CCc1ccc(Cl)s1)NCc1ccc(Oc2cccc(F)c2)nc1. The average molecular weight is 391 g/mol. The molecule has 1 aromatic carbocycles. The maximum Gasteiger partial charge on any atom is 0.220 e. The van der Waals surface area contributed by atoms with E-state index in [1.165, 1.54) is 23.5 Å². The zero-order chi connectivity index (χ0) is 18.4. The van der Waals surface area contributed by atoms with Crippen molar-refractivity contribution >= 4 is 28.8 Å². The number of carbonyl (C=O) groups excluding carboxylic acids is 1. The van der Waals surface area contributed by atoms with Crippen molar-refractivity contribution in [2.24, 2.45) is 0 Å². The molecular weight excluding hydrogens is 375 g/mol. The van der Waals surface area contributed by atoms with E-state index in [9.17, 15) is 9.18 Å². The highest BCUT2D eigenvalue weighted by molar-refractivity contribution is 7.16. The molecule has 2 heterocycles. The lowest BCUT2D eigenvalue weighted by Gasteiger charge is -2.07. The maximum atomic E-state index is 13.1. The van der Waals surface area contributed by atoms with Gasteiger partial charge in [0.25, 0.3) is 0 Å². The summed E-state index contributed by atoms with van der Waals surface area (Å²) in [6.45, 7) is 0.386. The first-order chi connectivity index (χ1) is 12.6. The number of aryl methyl sites for hydroxylation is 1. The number of aromatic nitrogens is 1. The number of pyridine rings is 1. The Morgan fingerprint density at radius 3 is 2.81 bits per heavy atom. The fraction of sp³-hybridized carbons (Fsp3) is 0.158. The summed E-state index contributed by atoms with van der Waals surface area (Å²) in [4.78, 5) is 17.2. The highest BCUT2D eigenvalue weighted by Crippen LogP contribution is 2.22. The minimum absolute atomic E-state index is 0.0328. The average Bonchev–Trinajstić information content (AvgIpc) is 3.05. The number of nitrogens with one attached hydrogen (secondary N) is 1. The molecule has 0 saturated heterocycles. The van der Waals surface area contributed by atoms with Gasteiger partial charge >= 0.3 is 0 Å². The van der Waals surface area contributed by atoms with Crippen molar-refractivity contribution in [2.75, 3.05) is 0 Å². The minimum Gasteiger partial charge on any atom is -0.439 e. The molecule has 0 fully saturated rings. The van der Waals surface area contributed by atoms with Crippen molar-refractivity contribution in [3.8, 4) is 11.6 Å². The Bertz CT molecular complexity index is 883. The van der Waals surface area contributed by atoms with Gasteiger partial charge in [0.2, 0.25) is 11.8 Å². The Morgan fingerprint density at radius 1 is 1.23 bits per heavy atom. The Kier molecular flexibility index (Phi) is 6.20. The fourth-order valence-corrected chi connectivity index (χ4v) is 3.33. The van der Waals surface area contributed by atoms with Gasteiger partial charge in [0.15, 0.2) is 0 Å². The topological polar surface area (TPSA) is 51.2 Å². The highest BCUT2D eigenvalue weighted by Gasteiger charge is 2.05. The molecule has 0 saturated carbocycles. The van der Waals surface area contributed by atoms with E-state index in [0.717, 1.165) is 14.8 Å². The summed E-state index contributed by atoms with van der Waals surface area (Å²) < 4.78 is 19.3. The van der Waals surface area contributed by atoms with Crippen molar-refractivity contribution in [2.45, 2.75) is 19.4 Å². The minimum atomic E-state index is -0.369. The Hall–Kier alpha value is -2.44. The van der Waals surface area contributed by atoms with Crippen molar-refractivity contribution in [3.63, 3.8) is 0 Å². The second-order valence-corrected chi connectivity index (χ2v) is 7.35. The first-order valence-electron chi connectivity index (χ1n) is 7.98. The molecule has 0 unspecified atom stereocenters. The van der Waals surface area contributed by atoms with Gasteiger partial charge in [0.1, 0.15) is 11.6 Å². The number of hydrogen-bond donors (Lipinski definition) is 1. The summed E-state index contributed by atoms with van der Waals surface area (Å²) in [5.41, 5.74) is 0.851. The van der Waals surface area contributed by atoms with Gasteiger partial charge in [0.05, 0.1) is 4.34 Å². The van der Waals surface area contributed by atoms with E-state index in [1.807, 2.05) is 12.1 Å². The molecule has 1 N–H and O–H groups in total. The standard InChI is InChI=1S/C19H16ClFN2O2S/c20-17-7-5-16(26-17)6-8-18(24)22-11-13-4-9-19(23-12-13)25-15-3-1-2-14(21)10-15/h1-5,7,9-10,12H,6,8,11H2,(H,22,24). The van der Waals surface area contributed by atoms with Crippen LogP contribution in [0.1, 0.15) is 16.9 Å². The zero-order valence-electron chi connectivity index (χ0n) is 13.7. The number of nitrogens with zero attached hydrogens (tertiary/aromatic N) is 1. The van der Waals surface area contributed by atoms with Gasteiger partial charge in [-0.1, -0.05) is 23.7 Å². The van der Waals surface area contributed by atoms with E-state index in [4.69, 9.17) is 16.3 Å². The lowest BCUT2D eigenvalue weighted by molar-refractivity contribution is -0.121. The van der Waals surface area contributed by atoms with Gasteiger partial charge in [-0.3, -0.25) is 4.79 Å². The summed E-state index contributed by atoms with van der Waals surface area (Å²) in [6.07, 6.45) is 2.70. The van der Waals surface area contributed by atoms with Crippen LogP contribution in [-0.2, 0) is 17.8 Å². The van der Waals surface area contributed by atoms with E-state index in [0.29, 0.717) is 31.0 Å². The van der Waals surface area contributed by atoms with Gasteiger partial charge in [-0.05, 0) is 36.2 Å². The van der Waals surface area contributed by atoms with E-state index < -0.39 is 0 Å². The third kappa shape index (κ3) is 5.54. The summed E-state index contributed by atoms with van der Waals surface area (Å²) in [7, 11) is 0. The van der Waals surface area contributed by atoms with Gasteiger partial charge in [-0.25, -0.2) is 9.37 Å². The first kappa shape index (κ1) is 18.4. The van der Waals surface area contributed by atoms with Gasteiger partial charge < -0.3 is 10.1 Å². The normalized spacial score (nSPS) is 10.5. The van der Waals surface area contributed by atoms with E-state index in [-0.39, 0.29) is 11.7 Å². The number of benzene rings is 1. The predicted molar refractivity (Wildman–Crippen MR) is 100 cm³/mol. The van der Waals surface area contributed by atoms with Crippen LogP contribution in [0.15, 0.2) is 54.7 Å². The molecule has 1 amide bonds. The molecule has 134 valence electrons. The van der Waals surface area contributed by atoms with Crippen LogP contribution in [0.25, 0.3) is 0 Å². The van der Waals surface area contributed by atoms with Crippen LogP contribution in [0.3, 0.4) is 0 Å². The molecule has 0 atom stereocenters. The smallest absolute Gasteiger partial charge is 0.220 e. The van der Waals surface area contributed by atoms with Crippen LogP contribution in [0.5, 0.6) is 11.6 Å². The number of hydrogen-bond acceptors (Lipinski definition) is 4. The van der Waals surface area contributed by atoms with Crippen LogP contribution in [0, 0.1) is 5.82 Å². The Labute approximate surface area is 159 Å². The molecule has 0 bridgehead atoms. The Balaban J connectivity index is 1.45. The second-order valence-electron chi connectivity index (χ2n) is 5.55. The quantitative estimate of drug-likeness (QED) is 0.619. The van der Waals surface area contributed by atoms with Crippen LogP contribution < -0.4 is 10.1 Å². The maximum absolute atomic E-state index is 13.1. The van der Waals surface area contributed by atoms with Gasteiger partial charge in [-0.15, -0.1) is 11.3 Å². The van der Waals surface area contributed by atoms with Gasteiger partial charge in [-0.2, -0.15) is 0 Å². The van der Waals surface area contributed by atoms with Crippen molar-refractivity contribution < 1.29 is 13.9 Å². The molecule has 26 heavy (non-hydrogen) atoms. The Morgan fingerprint density at radius 2 is 2.12 bits per heavy atom. The number of ether oxygens (including phenoxy) is 1. The molecule has 3 rings (SSSR count). The summed E-state index contributed by atoms with van der Waals surface area (Å²) in [6, 6.07) is 13.1. The van der Waals surface area contributed by atoms with Crippen LogP contribution in [0.2, 0.25) is 4.34 Å². The molecule has 0 aliphatic heterocycles. The van der Waals surface area contributed by atoms with E-state index in [1.54, 1.807) is 30.5 Å². The summed E-state index contributed by atoms with van der Waals surface area (Å²) >= 11 is 7.36. The van der Waals surface area contributed by atoms with Gasteiger partial charge in [0, 0.05) is 36.2 Å². The number of amides is 1. The number of thiophene rings is 1. The summed E-state index contributed by atoms with van der Waals surface area (Å²) in [5, 5.41) is 2.85. The van der Waals surface area contributed by atoms with Crippen LogP contribution in [0.4, 0.5) is 4.39 Å². The number of halogens is 2. The molecule has 4 nitrogen and oxygen atoms in total. The molecule has 0 aliphatic rings. The monoisotopic (exact) mass is 390 g/mol. The lowest BCUT2D eigenvalue weighted by Crippen LogP contribution is -2.22. The molecule has 7 heteroatoms. The predicted octanol–water partition coefficient (Wildman–Crippen LogP) is 4.98. The number of rotatable bonds is 7. The first-order valence-corrected chi connectivity index (χ1v) is 9.17. The molecule has 0 aliphatic carbocycles. The molecule has 2 aromatic heterocycles. The third-order valence-corrected chi connectivity index (χ3v) is 4.82. The van der Waals surface area contributed by atoms with E-state index >= 15 is 0 Å². The molecule has 3 aromatic rings. The van der Waals surface area contributed by atoms with Crippen LogP contribution >= 0.6 is 22.9 Å². The van der Waals surface area contributed by atoms with Crippen molar-refractivity contribution in [1.82, 2.24) is 10.3 Å². The second kappa shape index (κ2) is 8.78. The largest absolute Gasteiger partial charge is 0.439 e. The third-order valence-electron chi connectivity index (χ3n) is 3.53. The van der Waals surface area contributed by atoms with Crippen LogP contribution in [-0.4, -0.2) is 10.9 Å². The molecule has 0 radical (unpaired) electrons. The number of carbonyl (C=O) groups is 1. The molecular formula is C19H16ClFN2O2S. The molecule has 0 spiro atoms. The lowest BCUT2D eigenvalue weighted by atomic mass is 10.2. The summed E-state index contributed by atoms with van der Waals surface area (Å²) in [5.74, 6) is 0.341. The van der Waals surface area contributed by atoms with E-state index in [2.05, 4.69) is 10.3 Å². The van der Waals surface area contributed by atoms with Crippen molar-refractivity contribution in [1.29, 1.82) is 0 Å². The van der Waals surface area contributed by atoms with Crippen molar-refractivity contribution in [3.05, 3.63) is 75.3 Å². The fourth-order valence-electron chi connectivity index (χ4n) is 2.24. The highest BCUT2D eigenvalue weighted by atomic mass is 35.5. The zero-order valence-corrected chi connectivity index (χ0v) is 15.3.